The highest BCUT2D eigenvalue weighted by molar-refractivity contribution is 5.96. The van der Waals surface area contributed by atoms with Gasteiger partial charge in [0, 0.05) is 43.0 Å². The third-order valence-electron chi connectivity index (χ3n) is 4.35. The van der Waals surface area contributed by atoms with Crippen molar-refractivity contribution in [2.24, 2.45) is 5.73 Å². The van der Waals surface area contributed by atoms with Crippen molar-refractivity contribution in [3.05, 3.63) is 77.4 Å². The van der Waals surface area contributed by atoms with Crippen LogP contribution in [0.3, 0.4) is 0 Å². The number of aryl methyl sites for hydroxylation is 1. The molecule has 0 aliphatic heterocycles. The summed E-state index contributed by atoms with van der Waals surface area (Å²) in [5.74, 6) is 6.31. The highest BCUT2D eigenvalue weighted by Gasteiger charge is 2.12. The molecule has 3 N–H and O–H groups in total. The van der Waals surface area contributed by atoms with Crippen LogP contribution in [0.2, 0.25) is 0 Å². The molecule has 0 unspecified atom stereocenters. The molecule has 0 radical (unpaired) electrons. The normalized spacial score (nSPS) is 9.48. The summed E-state index contributed by atoms with van der Waals surface area (Å²) in [5.41, 5.74) is 9.62. The summed E-state index contributed by atoms with van der Waals surface area (Å²) in [4.78, 5) is 16.0. The number of carbonyl (C=O) groups is 1. The maximum absolute atomic E-state index is 12.4. The molecular weight excluding hydrogens is 384 g/mol. The molecule has 0 spiro atoms. The van der Waals surface area contributed by atoms with Crippen molar-refractivity contribution in [2.75, 3.05) is 32.1 Å². The molecule has 5 nitrogen and oxygen atoms in total. The molecule has 2 aromatic carbocycles. The number of anilines is 1. The zero-order chi connectivity index (χ0) is 20.7. The fraction of sp³-hybridized carbons (Fsp3) is 0.217. The summed E-state index contributed by atoms with van der Waals surface area (Å²) in [6.45, 7) is 6.62. The van der Waals surface area contributed by atoms with Gasteiger partial charge >= 0.3 is 0 Å². The number of likely N-dealkylation sites (N-methyl/N-ethyl adjacent to an activating group) is 1. The van der Waals surface area contributed by atoms with E-state index in [4.69, 9.17) is 11.1 Å². The molecule has 2 aromatic rings. The number of benzene rings is 2. The minimum Gasteiger partial charge on any atom is -0.384 e. The lowest BCUT2D eigenvalue weighted by Gasteiger charge is -2.17. The number of nitrogen functional groups attached to an aromatic ring is 1. The molecule has 0 fully saturated rings. The van der Waals surface area contributed by atoms with Gasteiger partial charge in [-0.25, -0.2) is 0 Å². The van der Waals surface area contributed by atoms with E-state index in [-0.39, 0.29) is 24.1 Å². The van der Waals surface area contributed by atoms with Crippen LogP contribution in [0.25, 0.3) is 0 Å². The Balaban J connectivity index is 0.00000420. The Bertz CT molecular complexity index is 959. The van der Waals surface area contributed by atoms with Crippen LogP contribution in [0.15, 0.2) is 55.1 Å². The highest BCUT2D eigenvalue weighted by Crippen LogP contribution is 2.15. The van der Waals surface area contributed by atoms with Gasteiger partial charge in [0.2, 0.25) is 0 Å². The summed E-state index contributed by atoms with van der Waals surface area (Å²) < 4.78 is 0. The zero-order valence-corrected chi connectivity index (χ0v) is 17.8. The molecular formula is C23H27ClN4O. The number of halogens is 1. The maximum Gasteiger partial charge on any atom is 0.254 e. The summed E-state index contributed by atoms with van der Waals surface area (Å²) in [5, 5.41) is 7.54. The van der Waals surface area contributed by atoms with Gasteiger partial charge in [0.05, 0.1) is 6.54 Å². The van der Waals surface area contributed by atoms with Crippen molar-refractivity contribution in [3.8, 4) is 11.8 Å². The van der Waals surface area contributed by atoms with E-state index >= 15 is 0 Å². The first-order chi connectivity index (χ1) is 13.3. The fourth-order valence-corrected chi connectivity index (χ4v) is 2.73. The molecule has 0 bridgehead atoms. The van der Waals surface area contributed by atoms with Crippen LogP contribution >= 0.6 is 12.4 Å². The number of nitrogens with zero attached hydrogens (tertiary/aromatic N) is 2. The van der Waals surface area contributed by atoms with E-state index in [0.29, 0.717) is 24.2 Å². The van der Waals surface area contributed by atoms with Gasteiger partial charge in [-0.1, -0.05) is 30.0 Å². The Labute approximate surface area is 179 Å². The van der Waals surface area contributed by atoms with Gasteiger partial charge < -0.3 is 15.5 Å². The van der Waals surface area contributed by atoms with Crippen LogP contribution in [0, 0.1) is 24.2 Å². The Hall–Kier alpha value is -3.23. The third-order valence-corrected chi connectivity index (χ3v) is 4.35. The van der Waals surface area contributed by atoms with Crippen LogP contribution in [0.4, 0.5) is 5.69 Å². The Morgan fingerprint density at radius 3 is 2.59 bits per heavy atom. The number of hydrogen-bond acceptors (Lipinski definition) is 3. The van der Waals surface area contributed by atoms with E-state index in [9.17, 15) is 4.79 Å². The van der Waals surface area contributed by atoms with Crippen molar-refractivity contribution < 1.29 is 4.79 Å². The lowest BCUT2D eigenvalue weighted by atomic mass is 10.0. The number of nitrogens with two attached hydrogens (primary N) is 1. The first-order valence-electron chi connectivity index (χ1n) is 8.95. The average Bonchev–Trinajstić information content (AvgIpc) is 2.67. The second kappa shape index (κ2) is 10.9. The van der Waals surface area contributed by atoms with Gasteiger partial charge in [0.25, 0.3) is 5.91 Å². The lowest BCUT2D eigenvalue weighted by Crippen LogP contribution is -2.27. The molecule has 1 amide bonds. The van der Waals surface area contributed by atoms with Crippen LogP contribution < -0.4 is 10.6 Å². The predicted molar refractivity (Wildman–Crippen MR) is 123 cm³/mol. The van der Waals surface area contributed by atoms with Crippen LogP contribution in [0.5, 0.6) is 0 Å². The van der Waals surface area contributed by atoms with Crippen LogP contribution in [-0.4, -0.2) is 43.8 Å². The van der Waals surface area contributed by atoms with Gasteiger partial charge in [-0.3, -0.25) is 10.2 Å². The molecule has 2 rings (SSSR count). The maximum atomic E-state index is 12.4. The number of amides is 1. The average molecular weight is 411 g/mol. The van der Waals surface area contributed by atoms with Gasteiger partial charge in [0.1, 0.15) is 5.84 Å². The fourth-order valence-electron chi connectivity index (χ4n) is 2.73. The minimum absolute atomic E-state index is 0. The smallest absolute Gasteiger partial charge is 0.254 e. The third kappa shape index (κ3) is 6.41. The number of hydrogen-bond donors (Lipinski definition) is 2. The standard InChI is InChI=1S/C23H26N4O.ClH/c1-5-13-27(4)23(28)21-12-11-18(15-17(21)2)8-7-14-26(3)20-10-6-9-19(16-20)22(24)25;/h5-6,9-12,15-16H,1,13-14H2,2-4H3,(H3,24,25);1H. The first-order valence-corrected chi connectivity index (χ1v) is 8.95. The predicted octanol–water partition coefficient (Wildman–Crippen LogP) is 3.45. The van der Waals surface area contributed by atoms with Gasteiger partial charge in [-0.2, -0.15) is 0 Å². The summed E-state index contributed by atoms with van der Waals surface area (Å²) >= 11 is 0. The van der Waals surface area contributed by atoms with Crippen LogP contribution in [-0.2, 0) is 0 Å². The lowest BCUT2D eigenvalue weighted by molar-refractivity contribution is 0.0809. The first kappa shape index (κ1) is 23.8. The molecule has 29 heavy (non-hydrogen) atoms. The molecule has 152 valence electrons. The van der Waals surface area contributed by atoms with Crippen LogP contribution in [0.1, 0.15) is 27.0 Å². The summed E-state index contributed by atoms with van der Waals surface area (Å²) in [6.07, 6.45) is 1.70. The van der Waals surface area contributed by atoms with Crippen molar-refractivity contribution in [2.45, 2.75) is 6.92 Å². The SMILES string of the molecule is C=CCN(C)C(=O)c1ccc(C#CCN(C)c2cccc(C(=N)N)c2)cc1C.Cl. The van der Waals surface area contributed by atoms with E-state index in [1.54, 1.807) is 18.0 Å². The second-order valence-electron chi connectivity index (χ2n) is 6.63. The Morgan fingerprint density at radius 1 is 1.24 bits per heavy atom. The molecule has 0 heterocycles. The molecule has 0 aliphatic rings. The van der Waals surface area contributed by atoms with Crippen molar-refractivity contribution in [1.29, 1.82) is 5.41 Å². The molecule has 0 saturated carbocycles. The molecule has 0 saturated heterocycles. The number of amidine groups is 1. The zero-order valence-electron chi connectivity index (χ0n) is 17.0. The minimum atomic E-state index is -0.0259. The quantitative estimate of drug-likeness (QED) is 0.331. The Morgan fingerprint density at radius 2 is 1.97 bits per heavy atom. The number of carbonyl (C=O) groups excluding carboxylic acids is 1. The van der Waals surface area contributed by atoms with Crippen molar-refractivity contribution in [1.82, 2.24) is 4.90 Å². The van der Waals surface area contributed by atoms with E-state index in [1.807, 2.05) is 61.3 Å². The number of nitrogens with one attached hydrogen (secondary N) is 1. The molecule has 0 aliphatic carbocycles. The monoisotopic (exact) mass is 410 g/mol. The van der Waals surface area contributed by atoms with Crippen molar-refractivity contribution in [3.63, 3.8) is 0 Å². The molecule has 6 heteroatoms. The van der Waals surface area contributed by atoms with E-state index in [1.165, 1.54) is 0 Å². The topological polar surface area (TPSA) is 73.4 Å². The van der Waals surface area contributed by atoms with Gasteiger partial charge in [-0.05, 0) is 42.8 Å². The highest BCUT2D eigenvalue weighted by atomic mass is 35.5. The Kier molecular flexibility index (Phi) is 8.98. The van der Waals surface area contributed by atoms with Gasteiger partial charge in [-0.15, -0.1) is 19.0 Å². The van der Waals surface area contributed by atoms with E-state index < -0.39 is 0 Å². The summed E-state index contributed by atoms with van der Waals surface area (Å²) in [6, 6.07) is 13.1. The van der Waals surface area contributed by atoms with Gasteiger partial charge in [0.15, 0.2) is 0 Å². The van der Waals surface area contributed by atoms with E-state index in [2.05, 4.69) is 18.4 Å². The largest absolute Gasteiger partial charge is 0.384 e. The number of rotatable bonds is 6. The molecule has 0 atom stereocenters. The summed E-state index contributed by atoms with van der Waals surface area (Å²) in [7, 11) is 3.70. The van der Waals surface area contributed by atoms with Crippen molar-refractivity contribution >= 4 is 29.8 Å². The van der Waals surface area contributed by atoms with E-state index in [0.717, 1.165) is 16.8 Å². The molecule has 0 aromatic heterocycles. The second-order valence-corrected chi connectivity index (χ2v) is 6.63.